The summed E-state index contributed by atoms with van der Waals surface area (Å²) in [5.41, 5.74) is 1.28. The van der Waals surface area contributed by atoms with Crippen molar-refractivity contribution in [2.24, 2.45) is 11.8 Å². The quantitative estimate of drug-likeness (QED) is 0.445. The third-order valence-electron chi connectivity index (χ3n) is 4.95. The van der Waals surface area contributed by atoms with Crippen LogP contribution >= 0.6 is 11.6 Å². The number of sulfonamides is 1. The van der Waals surface area contributed by atoms with Crippen molar-refractivity contribution in [2.75, 3.05) is 10.0 Å². The summed E-state index contributed by atoms with van der Waals surface area (Å²) in [6, 6.07) is 10.5. The second-order valence-corrected chi connectivity index (χ2v) is 9.17. The summed E-state index contributed by atoms with van der Waals surface area (Å²) < 4.78 is 27.9. The second-order valence-electron chi connectivity index (χ2n) is 7.05. The van der Waals surface area contributed by atoms with Gasteiger partial charge in [-0.25, -0.2) is 8.42 Å². The number of halogens is 1. The minimum Gasteiger partial charge on any atom is -0.550 e. The van der Waals surface area contributed by atoms with Gasteiger partial charge < -0.3 is 15.2 Å². The number of carboxylic acid groups (broad SMARTS) is 1. The zero-order chi connectivity index (χ0) is 21.9. The Labute approximate surface area is 208 Å². The third kappa shape index (κ3) is 6.33. The standard InChI is InChI=1S/C21H21ClN2O5S.Na/c1-13-6-11-16(30(28,29)24-15-9-7-14(22)8-10-15)12-19(13)23-20(25)17-4-2-3-5-18(17)21(26)27;/h2-3,6-12,17-18,24H,4-5H2,1H3,(H,23,25)(H,26,27);/q;+1/p-1. The molecule has 0 heterocycles. The van der Waals surface area contributed by atoms with Crippen LogP contribution in [0.15, 0.2) is 59.5 Å². The number of hydrogen-bond donors (Lipinski definition) is 2. The van der Waals surface area contributed by atoms with Crippen LogP contribution in [0.25, 0.3) is 0 Å². The van der Waals surface area contributed by atoms with E-state index in [4.69, 9.17) is 11.6 Å². The Morgan fingerprint density at radius 2 is 1.65 bits per heavy atom. The summed E-state index contributed by atoms with van der Waals surface area (Å²) in [5, 5.41) is 14.5. The fraction of sp³-hybridized carbons (Fsp3) is 0.238. The molecule has 0 aromatic heterocycles. The molecule has 1 aliphatic carbocycles. The fourth-order valence-corrected chi connectivity index (χ4v) is 4.44. The Morgan fingerprint density at radius 3 is 2.26 bits per heavy atom. The molecular formula is C21H20ClN2NaO5S. The van der Waals surface area contributed by atoms with E-state index < -0.39 is 33.7 Å². The molecule has 158 valence electrons. The van der Waals surface area contributed by atoms with Crippen molar-refractivity contribution in [1.82, 2.24) is 0 Å². The van der Waals surface area contributed by atoms with E-state index in [2.05, 4.69) is 10.0 Å². The van der Waals surface area contributed by atoms with Crippen LogP contribution in [0.1, 0.15) is 18.4 Å². The summed E-state index contributed by atoms with van der Waals surface area (Å²) in [6.45, 7) is 1.72. The number of carbonyl (C=O) groups is 2. The number of amides is 1. The molecule has 2 atom stereocenters. The van der Waals surface area contributed by atoms with Crippen LogP contribution in [-0.2, 0) is 19.6 Å². The maximum Gasteiger partial charge on any atom is 1.00 e. The first-order chi connectivity index (χ1) is 14.2. The van der Waals surface area contributed by atoms with E-state index >= 15 is 0 Å². The zero-order valence-corrected chi connectivity index (χ0v) is 20.7. The predicted molar refractivity (Wildman–Crippen MR) is 112 cm³/mol. The number of hydrogen-bond acceptors (Lipinski definition) is 5. The zero-order valence-electron chi connectivity index (χ0n) is 17.1. The molecule has 1 aliphatic rings. The van der Waals surface area contributed by atoms with E-state index in [0.29, 0.717) is 22.0 Å². The maximum absolute atomic E-state index is 12.7. The average Bonchev–Trinajstić information content (AvgIpc) is 2.71. The smallest absolute Gasteiger partial charge is 0.550 e. The Kier molecular flexibility index (Phi) is 8.73. The molecule has 2 unspecified atom stereocenters. The molecular weight excluding hydrogens is 451 g/mol. The first-order valence-electron chi connectivity index (χ1n) is 9.23. The average molecular weight is 471 g/mol. The van der Waals surface area contributed by atoms with E-state index in [-0.39, 0.29) is 47.3 Å². The number of carboxylic acids is 1. The summed E-state index contributed by atoms with van der Waals surface area (Å²) >= 11 is 5.82. The minimum absolute atomic E-state index is 0. The molecule has 0 bridgehead atoms. The van der Waals surface area contributed by atoms with Crippen molar-refractivity contribution in [3.63, 3.8) is 0 Å². The van der Waals surface area contributed by atoms with Crippen LogP contribution in [0.4, 0.5) is 11.4 Å². The Hall–Kier alpha value is -1.84. The number of rotatable bonds is 6. The number of anilines is 2. The van der Waals surface area contributed by atoms with Gasteiger partial charge in [-0.05, 0) is 61.7 Å². The molecule has 2 N–H and O–H groups in total. The molecule has 2 aromatic rings. The van der Waals surface area contributed by atoms with Crippen LogP contribution in [0.3, 0.4) is 0 Å². The Balaban J connectivity index is 0.00000341. The van der Waals surface area contributed by atoms with Gasteiger partial charge in [0.2, 0.25) is 5.91 Å². The van der Waals surface area contributed by atoms with Crippen molar-refractivity contribution >= 4 is 44.9 Å². The summed E-state index contributed by atoms with van der Waals surface area (Å²) in [6.07, 6.45) is 3.97. The fourth-order valence-electron chi connectivity index (χ4n) is 3.22. The van der Waals surface area contributed by atoms with Crippen LogP contribution in [-0.4, -0.2) is 20.3 Å². The molecule has 0 radical (unpaired) electrons. The molecule has 7 nitrogen and oxygen atoms in total. The number of benzene rings is 2. The van der Waals surface area contributed by atoms with Gasteiger partial charge in [0.25, 0.3) is 10.0 Å². The summed E-state index contributed by atoms with van der Waals surface area (Å²) in [7, 11) is -3.91. The third-order valence-corrected chi connectivity index (χ3v) is 6.58. The Morgan fingerprint density at radius 1 is 1.03 bits per heavy atom. The van der Waals surface area contributed by atoms with Gasteiger partial charge in [0, 0.05) is 28.3 Å². The SMILES string of the molecule is Cc1ccc(S(=O)(=O)Nc2ccc(Cl)cc2)cc1NC(=O)C1CC=CCC1C(=O)[O-].[Na+]. The maximum atomic E-state index is 12.7. The monoisotopic (exact) mass is 470 g/mol. The van der Waals surface area contributed by atoms with E-state index in [1.54, 1.807) is 37.3 Å². The normalized spacial score (nSPS) is 18.0. The molecule has 1 amide bonds. The van der Waals surface area contributed by atoms with Crippen LogP contribution in [0, 0.1) is 18.8 Å². The van der Waals surface area contributed by atoms with Crippen LogP contribution < -0.4 is 44.7 Å². The molecule has 10 heteroatoms. The van der Waals surface area contributed by atoms with Crippen LogP contribution in [0.5, 0.6) is 0 Å². The van der Waals surface area contributed by atoms with E-state index in [1.807, 2.05) is 0 Å². The molecule has 0 fully saturated rings. The second kappa shape index (κ2) is 10.7. The number of aliphatic carboxylic acids is 1. The van der Waals surface area contributed by atoms with E-state index in [1.165, 1.54) is 24.3 Å². The largest absolute Gasteiger partial charge is 1.00 e. The minimum atomic E-state index is -3.91. The number of nitrogens with one attached hydrogen (secondary N) is 2. The summed E-state index contributed by atoms with van der Waals surface area (Å²) in [5.74, 6) is -3.47. The molecule has 2 aromatic carbocycles. The van der Waals surface area contributed by atoms with E-state index in [0.717, 1.165) is 0 Å². The first kappa shape index (κ1) is 25.4. The van der Waals surface area contributed by atoms with Crippen molar-refractivity contribution in [3.05, 3.63) is 65.2 Å². The van der Waals surface area contributed by atoms with Gasteiger partial charge in [-0.15, -0.1) is 0 Å². The first-order valence-corrected chi connectivity index (χ1v) is 11.1. The van der Waals surface area contributed by atoms with Gasteiger partial charge in [-0.2, -0.15) is 0 Å². The van der Waals surface area contributed by atoms with Crippen LogP contribution in [0.2, 0.25) is 5.02 Å². The van der Waals surface area contributed by atoms with Crippen molar-refractivity contribution in [2.45, 2.75) is 24.7 Å². The molecule has 0 saturated carbocycles. The topological polar surface area (TPSA) is 115 Å². The van der Waals surface area contributed by atoms with Crippen molar-refractivity contribution in [1.29, 1.82) is 0 Å². The van der Waals surface area contributed by atoms with Gasteiger partial charge in [-0.1, -0.05) is 29.8 Å². The van der Waals surface area contributed by atoms with Gasteiger partial charge in [0.05, 0.1) is 10.8 Å². The van der Waals surface area contributed by atoms with Gasteiger partial charge in [0.15, 0.2) is 0 Å². The van der Waals surface area contributed by atoms with Gasteiger partial charge >= 0.3 is 29.6 Å². The van der Waals surface area contributed by atoms with Crippen molar-refractivity contribution < 1.29 is 52.7 Å². The van der Waals surface area contributed by atoms with Gasteiger partial charge in [-0.3, -0.25) is 9.52 Å². The molecule has 0 saturated heterocycles. The number of aryl methyl sites for hydroxylation is 1. The van der Waals surface area contributed by atoms with E-state index in [9.17, 15) is 23.1 Å². The molecule has 0 spiro atoms. The Bertz CT molecular complexity index is 1100. The van der Waals surface area contributed by atoms with Crippen molar-refractivity contribution in [3.8, 4) is 0 Å². The molecule has 3 rings (SSSR count). The number of allylic oxidation sites excluding steroid dienone is 2. The van der Waals surface area contributed by atoms with Gasteiger partial charge in [0.1, 0.15) is 0 Å². The molecule has 31 heavy (non-hydrogen) atoms. The summed E-state index contributed by atoms with van der Waals surface area (Å²) in [4.78, 5) is 24.0. The number of carbonyl (C=O) groups excluding carboxylic acids is 2. The predicted octanol–water partition coefficient (Wildman–Crippen LogP) is -0.276. The molecule has 0 aliphatic heterocycles.